The fraction of sp³-hybridized carbons (Fsp3) is 0.357. The predicted molar refractivity (Wildman–Crippen MR) is 157 cm³/mol. The van der Waals surface area contributed by atoms with Crippen LogP contribution in [0.15, 0.2) is 41.3 Å². The van der Waals surface area contributed by atoms with Crippen LogP contribution in [-0.2, 0) is 26.9 Å². The second kappa shape index (κ2) is 12.9. The number of carboxylic acid groups (broad SMARTS) is 1. The van der Waals surface area contributed by atoms with Gasteiger partial charge in [-0.05, 0) is 51.2 Å². The van der Waals surface area contributed by atoms with Crippen molar-refractivity contribution in [3.63, 3.8) is 0 Å². The molecule has 0 atom stereocenters. The molecule has 13 nitrogen and oxygen atoms in total. The maximum atomic E-state index is 13.8. The number of halogens is 5. The fourth-order valence-electron chi connectivity index (χ4n) is 5.15. The van der Waals surface area contributed by atoms with Crippen LogP contribution in [0.1, 0.15) is 45.8 Å². The van der Waals surface area contributed by atoms with E-state index >= 15 is 0 Å². The maximum Gasteiger partial charge on any atom is 0.490 e. The summed E-state index contributed by atoms with van der Waals surface area (Å²) in [6, 6.07) is 6.95. The van der Waals surface area contributed by atoms with Gasteiger partial charge in [0, 0.05) is 50.0 Å². The molecule has 0 unspecified atom stereocenters. The summed E-state index contributed by atoms with van der Waals surface area (Å²) in [5.74, 6) is -6.16. The number of carboxylic acids is 1. The van der Waals surface area contributed by atoms with Crippen molar-refractivity contribution in [2.75, 3.05) is 43.4 Å². The van der Waals surface area contributed by atoms with E-state index < -0.39 is 56.1 Å². The number of aromatic nitrogens is 2. The van der Waals surface area contributed by atoms with Gasteiger partial charge >= 0.3 is 12.1 Å². The number of aliphatic carboxylic acids is 1. The molecule has 0 saturated carbocycles. The number of nitrogens with one attached hydrogen (secondary N) is 2. The highest BCUT2D eigenvalue weighted by atomic mass is 32.2. The predicted octanol–water partition coefficient (Wildman–Crippen LogP) is 2.86. The van der Waals surface area contributed by atoms with Crippen LogP contribution in [0.5, 0.6) is 0 Å². The Morgan fingerprint density at radius 3 is 2.11 bits per heavy atom. The number of amides is 2. The third kappa shape index (κ3) is 7.36. The number of carbonyl (C=O) groups is 3. The van der Waals surface area contributed by atoms with Crippen LogP contribution in [0, 0.1) is 11.6 Å². The van der Waals surface area contributed by atoms with Gasteiger partial charge in [-0.15, -0.1) is 0 Å². The Kier molecular flexibility index (Phi) is 9.66. The van der Waals surface area contributed by atoms with E-state index in [1.807, 2.05) is 7.05 Å². The zero-order valence-corrected chi connectivity index (χ0v) is 26.0. The quantitative estimate of drug-likeness (QED) is 0.283. The van der Waals surface area contributed by atoms with Gasteiger partial charge in [-0.1, -0.05) is 0 Å². The molecule has 2 aliphatic rings. The SMILES string of the molecule is CN1CCN(c2ccc(C(=O)Nc3n[nH]c4c3CN(S(=O)(=O)c3cc(F)cc(F)c3)C4(C)C)c(C(N)=O)c2)CC1.O=C(O)C(F)(F)F. The first-order chi connectivity index (χ1) is 21.7. The van der Waals surface area contributed by atoms with Crippen molar-refractivity contribution in [2.45, 2.75) is 37.0 Å². The van der Waals surface area contributed by atoms with Crippen molar-refractivity contribution in [1.29, 1.82) is 0 Å². The zero-order valence-electron chi connectivity index (χ0n) is 25.2. The molecule has 5 N–H and O–H groups in total. The number of fused-ring (bicyclic) bond motifs is 1. The van der Waals surface area contributed by atoms with Crippen molar-refractivity contribution < 1.29 is 49.9 Å². The molecule has 0 aliphatic carbocycles. The number of primary amides is 1. The smallest absolute Gasteiger partial charge is 0.475 e. The first-order valence-electron chi connectivity index (χ1n) is 13.8. The van der Waals surface area contributed by atoms with Gasteiger partial charge in [0.1, 0.15) is 11.6 Å². The number of aromatic amines is 1. The highest BCUT2D eigenvalue weighted by Crippen LogP contribution is 2.44. The zero-order chi connectivity index (χ0) is 35.1. The maximum absolute atomic E-state index is 13.8. The standard InChI is InChI=1S/C26H29F2N7O4S.C2HF3O2/c1-26(2)22-21(14-35(26)40(38,39)18-11-15(27)10-16(28)12-18)24(32-31-22)30-25(37)19-5-4-17(13-20(19)23(29)36)34-8-6-33(3)7-9-34;3-2(4,5)1(6)7/h4-5,10-13H,6-9,14H2,1-3H3,(H2,29,36)(H2,30,31,32,37);(H,6,7). The van der Waals surface area contributed by atoms with E-state index in [4.69, 9.17) is 15.6 Å². The fourth-order valence-corrected chi connectivity index (χ4v) is 6.92. The summed E-state index contributed by atoms with van der Waals surface area (Å²) < 4.78 is 87.2. The Morgan fingerprint density at radius 1 is 1.00 bits per heavy atom. The molecule has 0 radical (unpaired) electrons. The number of carbonyl (C=O) groups excluding carboxylic acids is 2. The second-order valence-corrected chi connectivity index (χ2v) is 13.1. The molecule has 254 valence electrons. The molecular weight excluding hydrogens is 657 g/mol. The van der Waals surface area contributed by atoms with Crippen LogP contribution >= 0.6 is 0 Å². The van der Waals surface area contributed by atoms with Gasteiger partial charge in [-0.25, -0.2) is 22.0 Å². The lowest BCUT2D eigenvalue weighted by atomic mass is 10.0. The van der Waals surface area contributed by atoms with Gasteiger partial charge in [-0.2, -0.15) is 22.6 Å². The summed E-state index contributed by atoms with van der Waals surface area (Å²) in [5, 5.41) is 16.7. The minimum absolute atomic E-state index is 0.0405. The van der Waals surface area contributed by atoms with Crippen molar-refractivity contribution in [2.24, 2.45) is 5.73 Å². The molecule has 2 aliphatic heterocycles. The van der Waals surface area contributed by atoms with E-state index in [0.29, 0.717) is 17.3 Å². The van der Waals surface area contributed by atoms with Gasteiger partial charge < -0.3 is 26.0 Å². The number of rotatable bonds is 6. The van der Waals surface area contributed by atoms with Gasteiger partial charge in [0.05, 0.1) is 27.3 Å². The van der Waals surface area contributed by atoms with Gasteiger partial charge in [0.2, 0.25) is 15.9 Å². The van der Waals surface area contributed by atoms with Crippen LogP contribution in [0.2, 0.25) is 0 Å². The van der Waals surface area contributed by atoms with Gasteiger partial charge in [-0.3, -0.25) is 14.7 Å². The molecule has 0 spiro atoms. The minimum atomic E-state index is -5.08. The molecule has 3 aromatic rings. The first-order valence-corrected chi connectivity index (χ1v) is 15.2. The normalized spacial score (nSPS) is 16.6. The Morgan fingerprint density at radius 2 is 1.57 bits per heavy atom. The lowest BCUT2D eigenvalue weighted by Crippen LogP contribution is -2.44. The highest BCUT2D eigenvalue weighted by Gasteiger charge is 2.48. The monoisotopic (exact) mass is 687 g/mol. The summed E-state index contributed by atoms with van der Waals surface area (Å²) in [6.45, 7) is 6.23. The number of piperazine rings is 1. The largest absolute Gasteiger partial charge is 0.490 e. The number of nitrogens with zero attached hydrogens (tertiary/aromatic N) is 4. The van der Waals surface area contributed by atoms with E-state index in [-0.39, 0.29) is 23.5 Å². The van der Waals surface area contributed by atoms with Crippen LogP contribution in [-0.4, -0.2) is 90.1 Å². The van der Waals surface area contributed by atoms with Crippen LogP contribution in [0.3, 0.4) is 0 Å². The molecule has 1 aromatic heterocycles. The van der Waals surface area contributed by atoms with Crippen molar-refractivity contribution in [3.8, 4) is 0 Å². The third-order valence-electron chi connectivity index (χ3n) is 7.68. The number of alkyl halides is 3. The number of benzene rings is 2. The molecule has 0 bridgehead atoms. The summed E-state index contributed by atoms with van der Waals surface area (Å²) in [4.78, 5) is 38.3. The van der Waals surface area contributed by atoms with Gasteiger partial charge in [0.25, 0.3) is 5.91 Å². The molecule has 19 heteroatoms. The second-order valence-electron chi connectivity index (χ2n) is 11.2. The Balaban J connectivity index is 0.000000644. The Labute approximate surface area is 265 Å². The van der Waals surface area contributed by atoms with Crippen LogP contribution < -0.4 is 16.0 Å². The molecule has 3 heterocycles. The van der Waals surface area contributed by atoms with Gasteiger partial charge in [0.15, 0.2) is 5.82 Å². The number of sulfonamides is 1. The highest BCUT2D eigenvalue weighted by molar-refractivity contribution is 7.89. The molecular formula is C28H30F5N7O6S. The Bertz CT molecular complexity index is 1800. The van der Waals surface area contributed by atoms with Crippen molar-refractivity contribution in [1.82, 2.24) is 19.4 Å². The molecule has 47 heavy (non-hydrogen) atoms. The summed E-state index contributed by atoms with van der Waals surface area (Å²) in [6.07, 6.45) is -5.08. The van der Waals surface area contributed by atoms with Crippen molar-refractivity contribution >= 4 is 39.3 Å². The lowest BCUT2D eigenvalue weighted by molar-refractivity contribution is -0.192. The van der Waals surface area contributed by atoms with E-state index in [0.717, 1.165) is 48.3 Å². The number of likely N-dealkylation sites (N-methyl/N-ethyl adjacent to an activating group) is 1. The Hall–Kier alpha value is -4.62. The summed E-state index contributed by atoms with van der Waals surface area (Å²) >= 11 is 0. The van der Waals surface area contributed by atoms with Crippen LogP contribution in [0.25, 0.3) is 0 Å². The average molecular weight is 688 g/mol. The molecule has 2 amide bonds. The summed E-state index contributed by atoms with van der Waals surface area (Å²) in [5.41, 5.74) is 6.08. The number of hydrogen-bond acceptors (Lipinski definition) is 8. The van der Waals surface area contributed by atoms with E-state index in [1.54, 1.807) is 26.0 Å². The molecule has 5 rings (SSSR count). The lowest BCUT2D eigenvalue weighted by Gasteiger charge is -2.34. The first kappa shape index (κ1) is 35.2. The topological polar surface area (TPSA) is 182 Å². The summed E-state index contributed by atoms with van der Waals surface area (Å²) in [7, 11) is -2.31. The van der Waals surface area contributed by atoms with Crippen LogP contribution in [0.4, 0.5) is 33.5 Å². The van der Waals surface area contributed by atoms with Crippen molar-refractivity contribution in [3.05, 3.63) is 70.4 Å². The number of H-pyrrole nitrogens is 1. The van der Waals surface area contributed by atoms with E-state index in [9.17, 15) is 40.0 Å². The number of anilines is 2. The molecule has 1 saturated heterocycles. The average Bonchev–Trinajstić information content (AvgIpc) is 3.50. The molecule has 2 aromatic carbocycles. The van der Waals surface area contributed by atoms with E-state index in [1.165, 1.54) is 6.07 Å². The third-order valence-corrected chi connectivity index (χ3v) is 9.68. The number of nitrogens with two attached hydrogens (primary N) is 1. The number of hydrogen-bond donors (Lipinski definition) is 4. The minimum Gasteiger partial charge on any atom is -0.475 e. The van der Waals surface area contributed by atoms with E-state index in [2.05, 4.69) is 25.3 Å². The molecule has 1 fully saturated rings.